The van der Waals surface area contributed by atoms with Gasteiger partial charge in [0.25, 0.3) is 0 Å². The molecule has 1 aliphatic rings. The number of hydrogen-bond donors (Lipinski definition) is 2. The summed E-state index contributed by atoms with van der Waals surface area (Å²) in [5, 5.41) is 5.96. The zero-order valence-corrected chi connectivity index (χ0v) is 19.7. The van der Waals surface area contributed by atoms with E-state index in [9.17, 15) is 9.59 Å². The molecule has 8 heteroatoms. The molecule has 2 N–H and O–H groups in total. The Bertz CT molecular complexity index is 822. The Morgan fingerprint density at radius 2 is 1.90 bits per heavy atom. The monoisotopic (exact) mass is 452 g/mol. The lowest BCUT2D eigenvalue weighted by atomic mass is 9.93. The van der Waals surface area contributed by atoms with E-state index < -0.39 is 12.0 Å². The van der Waals surface area contributed by atoms with Crippen molar-refractivity contribution in [2.24, 2.45) is 5.92 Å². The van der Waals surface area contributed by atoms with E-state index in [-0.39, 0.29) is 12.6 Å². The third-order valence-corrected chi connectivity index (χ3v) is 4.94. The van der Waals surface area contributed by atoms with Crippen molar-refractivity contribution in [3.63, 3.8) is 0 Å². The molecule has 172 valence electrons. The average molecular weight is 453 g/mol. The van der Waals surface area contributed by atoms with Gasteiger partial charge in [-0.05, 0) is 50.3 Å². The van der Waals surface area contributed by atoms with Crippen molar-refractivity contribution in [3.8, 4) is 11.5 Å². The second-order valence-corrected chi connectivity index (χ2v) is 8.12. The summed E-state index contributed by atoms with van der Waals surface area (Å²) in [6.45, 7) is 10.9. The molecule has 0 aliphatic carbocycles. The van der Waals surface area contributed by atoms with Crippen LogP contribution in [0.1, 0.15) is 65.5 Å². The Kier molecular flexibility index (Phi) is 9.49. The van der Waals surface area contributed by atoms with Crippen LogP contribution >= 0.6 is 11.6 Å². The maximum Gasteiger partial charge on any atom is 0.338 e. The predicted molar refractivity (Wildman–Crippen MR) is 121 cm³/mol. The van der Waals surface area contributed by atoms with Crippen molar-refractivity contribution in [3.05, 3.63) is 34.0 Å². The highest BCUT2D eigenvalue weighted by Gasteiger charge is 2.34. The van der Waals surface area contributed by atoms with E-state index in [2.05, 4.69) is 17.6 Å². The summed E-state index contributed by atoms with van der Waals surface area (Å²) < 4.78 is 16.9. The minimum atomic E-state index is -0.712. The zero-order valence-electron chi connectivity index (χ0n) is 19.0. The van der Waals surface area contributed by atoms with E-state index in [1.807, 2.05) is 20.8 Å². The standard InChI is InChI=1S/C23H33ClN2O5/c1-6-9-10-17-19(22(27)30-8-3)20(26-23(28)25-17)15-11-16(24)21(31-13-14(4)5)18(12-15)29-7-2/h11-12,14,20H,6-10,13H2,1-5H3,(H2,25,26,28). The van der Waals surface area contributed by atoms with Crippen molar-refractivity contribution < 1.29 is 23.8 Å². The summed E-state index contributed by atoms with van der Waals surface area (Å²) in [7, 11) is 0. The number of nitrogens with one attached hydrogen (secondary N) is 2. The summed E-state index contributed by atoms with van der Waals surface area (Å²) in [5.41, 5.74) is 1.57. The summed E-state index contributed by atoms with van der Waals surface area (Å²) in [4.78, 5) is 25.2. The third-order valence-electron chi connectivity index (χ3n) is 4.66. The van der Waals surface area contributed by atoms with Crippen molar-refractivity contribution in [1.82, 2.24) is 10.6 Å². The first-order chi connectivity index (χ1) is 14.8. The predicted octanol–water partition coefficient (Wildman–Crippen LogP) is 5.13. The minimum absolute atomic E-state index is 0.233. The molecule has 0 aromatic heterocycles. The van der Waals surface area contributed by atoms with Gasteiger partial charge in [0.05, 0.1) is 36.5 Å². The van der Waals surface area contributed by atoms with Crippen molar-refractivity contribution in [1.29, 1.82) is 0 Å². The molecule has 31 heavy (non-hydrogen) atoms. The van der Waals surface area contributed by atoms with Gasteiger partial charge in [-0.25, -0.2) is 9.59 Å². The topological polar surface area (TPSA) is 85.9 Å². The van der Waals surface area contributed by atoms with Crippen LogP contribution in [0.25, 0.3) is 0 Å². The van der Waals surface area contributed by atoms with Gasteiger partial charge in [-0.1, -0.05) is 38.8 Å². The molecule has 0 spiro atoms. The van der Waals surface area contributed by atoms with E-state index in [0.717, 1.165) is 12.8 Å². The number of amides is 2. The van der Waals surface area contributed by atoms with E-state index in [1.54, 1.807) is 19.1 Å². The summed E-state index contributed by atoms with van der Waals surface area (Å²) in [6.07, 6.45) is 2.32. The van der Waals surface area contributed by atoms with Gasteiger partial charge in [-0.3, -0.25) is 0 Å². The molecule has 0 bridgehead atoms. The first kappa shape index (κ1) is 24.9. The highest BCUT2D eigenvalue weighted by atomic mass is 35.5. The fourth-order valence-corrected chi connectivity index (χ4v) is 3.55. The molecular formula is C23H33ClN2O5. The van der Waals surface area contributed by atoms with Gasteiger partial charge >= 0.3 is 12.0 Å². The summed E-state index contributed by atoms with van der Waals surface area (Å²) >= 11 is 6.55. The number of ether oxygens (including phenoxy) is 3. The van der Waals surface area contributed by atoms with Crippen LogP contribution in [0.5, 0.6) is 11.5 Å². The SMILES string of the molecule is CCCCC1=C(C(=O)OCC)C(c2cc(Cl)c(OCC(C)C)c(OCC)c2)NC(=O)N1. The van der Waals surface area contributed by atoms with Crippen LogP contribution in [0.2, 0.25) is 5.02 Å². The molecule has 0 radical (unpaired) electrons. The number of carbonyl (C=O) groups excluding carboxylic acids is 2. The van der Waals surface area contributed by atoms with E-state index in [0.29, 0.717) is 58.9 Å². The molecule has 0 fully saturated rings. The maximum atomic E-state index is 12.8. The molecule has 2 rings (SSSR count). The number of esters is 1. The number of allylic oxidation sites excluding steroid dienone is 1. The molecule has 0 saturated heterocycles. The fraction of sp³-hybridized carbons (Fsp3) is 0.565. The quantitative estimate of drug-likeness (QED) is 0.454. The summed E-state index contributed by atoms with van der Waals surface area (Å²) in [6, 6.07) is 2.37. The Balaban J connectivity index is 2.55. The molecule has 1 atom stereocenters. The van der Waals surface area contributed by atoms with Crippen molar-refractivity contribution in [2.45, 2.75) is 59.9 Å². The Hall–Kier alpha value is -2.41. The normalized spacial score (nSPS) is 16.1. The van der Waals surface area contributed by atoms with Gasteiger partial charge < -0.3 is 24.8 Å². The van der Waals surface area contributed by atoms with E-state index in [1.165, 1.54) is 0 Å². The fourth-order valence-electron chi connectivity index (χ4n) is 3.28. The molecule has 7 nitrogen and oxygen atoms in total. The maximum absolute atomic E-state index is 12.8. The zero-order chi connectivity index (χ0) is 23.0. The lowest BCUT2D eigenvalue weighted by Crippen LogP contribution is -2.46. The molecule has 1 aromatic rings. The average Bonchev–Trinajstić information content (AvgIpc) is 2.71. The largest absolute Gasteiger partial charge is 0.490 e. The molecule has 2 amide bonds. The van der Waals surface area contributed by atoms with Crippen LogP contribution in [0.15, 0.2) is 23.4 Å². The van der Waals surface area contributed by atoms with Crippen LogP contribution in [0.3, 0.4) is 0 Å². The van der Waals surface area contributed by atoms with Crippen LogP contribution in [-0.4, -0.2) is 31.8 Å². The summed E-state index contributed by atoms with van der Waals surface area (Å²) in [5.74, 6) is 0.763. The number of carbonyl (C=O) groups is 2. The Morgan fingerprint density at radius 1 is 1.16 bits per heavy atom. The second kappa shape index (κ2) is 11.8. The van der Waals surface area contributed by atoms with Gasteiger partial charge in [0.1, 0.15) is 0 Å². The number of halogens is 1. The second-order valence-electron chi connectivity index (χ2n) is 7.72. The smallest absolute Gasteiger partial charge is 0.338 e. The molecule has 1 aromatic carbocycles. The van der Waals surface area contributed by atoms with Crippen LogP contribution in [-0.2, 0) is 9.53 Å². The molecule has 1 unspecified atom stereocenters. The van der Waals surface area contributed by atoms with Gasteiger partial charge in [0, 0.05) is 5.70 Å². The molecule has 1 aliphatic heterocycles. The van der Waals surface area contributed by atoms with E-state index in [4.69, 9.17) is 25.8 Å². The first-order valence-corrected chi connectivity index (χ1v) is 11.3. The van der Waals surface area contributed by atoms with Crippen LogP contribution < -0.4 is 20.1 Å². The number of rotatable bonds is 11. The highest BCUT2D eigenvalue weighted by molar-refractivity contribution is 6.32. The minimum Gasteiger partial charge on any atom is -0.490 e. The number of unbranched alkanes of at least 4 members (excludes halogenated alkanes) is 1. The van der Waals surface area contributed by atoms with Gasteiger partial charge in [0.2, 0.25) is 0 Å². The van der Waals surface area contributed by atoms with Crippen LogP contribution in [0, 0.1) is 5.92 Å². The van der Waals surface area contributed by atoms with Crippen molar-refractivity contribution >= 4 is 23.6 Å². The molecule has 0 saturated carbocycles. The first-order valence-electron chi connectivity index (χ1n) is 10.9. The van der Waals surface area contributed by atoms with Crippen LogP contribution in [0.4, 0.5) is 4.79 Å². The molecular weight excluding hydrogens is 420 g/mol. The number of hydrogen-bond acceptors (Lipinski definition) is 5. The Labute approximate surface area is 189 Å². The van der Waals surface area contributed by atoms with Gasteiger partial charge in [-0.15, -0.1) is 0 Å². The highest BCUT2D eigenvalue weighted by Crippen LogP contribution is 2.41. The third kappa shape index (κ3) is 6.53. The van der Waals surface area contributed by atoms with E-state index >= 15 is 0 Å². The van der Waals surface area contributed by atoms with Gasteiger partial charge in [-0.2, -0.15) is 0 Å². The number of urea groups is 1. The molecule has 1 heterocycles. The van der Waals surface area contributed by atoms with Crippen molar-refractivity contribution in [2.75, 3.05) is 19.8 Å². The lowest BCUT2D eigenvalue weighted by Gasteiger charge is -2.30. The Morgan fingerprint density at radius 3 is 2.52 bits per heavy atom. The lowest BCUT2D eigenvalue weighted by molar-refractivity contribution is -0.139. The van der Waals surface area contributed by atoms with Gasteiger partial charge in [0.15, 0.2) is 11.5 Å². The number of benzene rings is 1.